The normalized spacial score (nSPS) is 10.3. The van der Waals surface area contributed by atoms with Crippen LogP contribution in [0.5, 0.6) is 11.5 Å². The molecule has 1 aromatic heterocycles. The Labute approximate surface area is 204 Å². The number of amides is 1. The number of ether oxygens (including phenoxy) is 2. The Balaban J connectivity index is 0.00000480. The Morgan fingerprint density at radius 2 is 1.68 bits per heavy atom. The fourth-order valence-electron chi connectivity index (χ4n) is 3.36. The third kappa shape index (κ3) is 9.89. The number of methoxy groups -OCH3 is 1. The highest BCUT2D eigenvalue weighted by molar-refractivity contribution is 5.94. The summed E-state index contributed by atoms with van der Waals surface area (Å²) in [7, 11) is 3.56. The van der Waals surface area contributed by atoms with E-state index < -0.39 is 0 Å². The average Bonchev–Trinajstić information content (AvgIpc) is 2.77. The first-order valence-electron chi connectivity index (χ1n) is 11.2. The van der Waals surface area contributed by atoms with Gasteiger partial charge in [0.1, 0.15) is 13.6 Å². The minimum absolute atomic E-state index is 0. The van der Waals surface area contributed by atoms with Crippen LogP contribution in [-0.2, 0) is 13.6 Å². The van der Waals surface area contributed by atoms with E-state index in [1.54, 1.807) is 19.2 Å². The molecule has 1 amide bonds. The first kappa shape index (κ1) is 27.2. The minimum Gasteiger partial charge on any atom is -1.00 e. The molecule has 0 saturated carbocycles. The molecule has 0 aliphatic rings. The molecule has 0 atom stereocenters. The van der Waals surface area contributed by atoms with Gasteiger partial charge in [-0.05, 0) is 24.6 Å². The molecular weight excluding hydrogens is 503 g/mol. The Bertz CT molecular complexity index is 783. The first-order chi connectivity index (χ1) is 14.7. The molecular formula is C25H37IN2O3. The molecule has 0 bridgehead atoms. The maximum Gasteiger partial charge on any atom is 0.251 e. The van der Waals surface area contributed by atoms with Crippen molar-refractivity contribution >= 4 is 5.91 Å². The topological polar surface area (TPSA) is 51.4 Å². The van der Waals surface area contributed by atoms with Crippen molar-refractivity contribution in [2.45, 2.75) is 64.8 Å². The second-order valence-electron chi connectivity index (χ2n) is 7.67. The Morgan fingerprint density at radius 3 is 2.35 bits per heavy atom. The van der Waals surface area contributed by atoms with Crippen LogP contribution in [0.3, 0.4) is 0 Å². The number of rotatable bonds is 14. The van der Waals surface area contributed by atoms with Gasteiger partial charge in [0.2, 0.25) is 0 Å². The number of unbranched alkanes of at least 4 members (excludes halogenated alkanes) is 7. The number of carbonyl (C=O) groups excluding carboxylic acids is 1. The van der Waals surface area contributed by atoms with Gasteiger partial charge in [-0.1, -0.05) is 57.9 Å². The van der Waals surface area contributed by atoms with Crippen LogP contribution in [0, 0.1) is 0 Å². The van der Waals surface area contributed by atoms with Gasteiger partial charge >= 0.3 is 0 Å². The summed E-state index contributed by atoms with van der Waals surface area (Å²) in [5, 5.41) is 2.96. The lowest BCUT2D eigenvalue weighted by atomic mass is 10.1. The third-order valence-electron chi connectivity index (χ3n) is 5.27. The Morgan fingerprint density at radius 1 is 0.968 bits per heavy atom. The van der Waals surface area contributed by atoms with Crippen LogP contribution >= 0.6 is 0 Å². The van der Waals surface area contributed by atoms with E-state index in [9.17, 15) is 4.79 Å². The van der Waals surface area contributed by atoms with Crippen molar-refractivity contribution in [3.05, 3.63) is 53.9 Å². The van der Waals surface area contributed by atoms with Crippen LogP contribution in [0.25, 0.3) is 0 Å². The zero-order chi connectivity index (χ0) is 21.6. The predicted octanol–water partition coefficient (Wildman–Crippen LogP) is 1.97. The molecule has 0 spiro atoms. The molecule has 172 valence electrons. The lowest BCUT2D eigenvalue weighted by Crippen LogP contribution is -3.00. The molecule has 5 nitrogen and oxygen atoms in total. The monoisotopic (exact) mass is 540 g/mol. The maximum atomic E-state index is 12.5. The van der Waals surface area contributed by atoms with Crippen LogP contribution in [0.1, 0.15) is 74.3 Å². The van der Waals surface area contributed by atoms with Gasteiger partial charge in [-0.3, -0.25) is 4.79 Å². The second kappa shape index (κ2) is 15.9. The van der Waals surface area contributed by atoms with Crippen LogP contribution in [0.4, 0.5) is 0 Å². The molecule has 1 aromatic carbocycles. The molecule has 2 rings (SSSR count). The number of pyridine rings is 1. The summed E-state index contributed by atoms with van der Waals surface area (Å²) in [6, 6.07) is 11.3. The fourth-order valence-corrected chi connectivity index (χ4v) is 3.36. The van der Waals surface area contributed by atoms with Crippen LogP contribution in [0.2, 0.25) is 0 Å². The Kier molecular flexibility index (Phi) is 13.9. The standard InChI is InChI=1S/C25H36N2O3.HI/c1-4-5-6-7-8-9-10-13-18-30-23-16-15-21(19-24(23)29-3)25(28)26-20-22-14-11-12-17-27(22)2;/h11-12,14-17,19H,4-10,13,18,20H2,1-3H3;1H. The lowest BCUT2D eigenvalue weighted by Gasteiger charge is -2.12. The van der Waals surface area contributed by atoms with Crippen molar-refractivity contribution in [2.75, 3.05) is 13.7 Å². The zero-order valence-corrected chi connectivity index (χ0v) is 21.3. The van der Waals surface area contributed by atoms with Crippen molar-refractivity contribution < 1.29 is 42.8 Å². The van der Waals surface area contributed by atoms with Gasteiger partial charge < -0.3 is 38.8 Å². The third-order valence-corrected chi connectivity index (χ3v) is 5.27. The molecule has 1 N–H and O–H groups in total. The summed E-state index contributed by atoms with van der Waals surface area (Å²) in [5.74, 6) is 1.14. The summed E-state index contributed by atoms with van der Waals surface area (Å²) >= 11 is 0. The van der Waals surface area contributed by atoms with Gasteiger partial charge in [-0.15, -0.1) is 0 Å². The number of aryl methyl sites for hydroxylation is 1. The van der Waals surface area contributed by atoms with Gasteiger partial charge in [0.25, 0.3) is 5.91 Å². The van der Waals surface area contributed by atoms with E-state index in [0.717, 1.165) is 12.1 Å². The van der Waals surface area contributed by atoms with Gasteiger partial charge in [0, 0.05) is 17.7 Å². The maximum absolute atomic E-state index is 12.5. The molecule has 1 heterocycles. The van der Waals surface area contributed by atoms with Gasteiger partial charge in [0.15, 0.2) is 23.4 Å². The highest BCUT2D eigenvalue weighted by Crippen LogP contribution is 2.28. The molecule has 6 heteroatoms. The molecule has 0 saturated heterocycles. The van der Waals surface area contributed by atoms with Crippen molar-refractivity contribution in [3.63, 3.8) is 0 Å². The molecule has 0 radical (unpaired) electrons. The highest BCUT2D eigenvalue weighted by atomic mass is 127. The van der Waals surface area contributed by atoms with Crippen molar-refractivity contribution in [3.8, 4) is 11.5 Å². The number of benzene rings is 1. The number of nitrogens with one attached hydrogen (secondary N) is 1. The molecule has 0 aliphatic carbocycles. The number of nitrogens with zero attached hydrogens (tertiary/aromatic N) is 1. The van der Waals surface area contributed by atoms with E-state index in [2.05, 4.69) is 12.2 Å². The summed E-state index contributed by atoms with van der Waals surface area (Å²) in [6.07, 6.45) is 12.1. The van der Waals surface area contributed by atoms with E-state index in [0.29, 0.717) is 30.2 Å². The van der Waals surface area contributed by atoms with E-state index in [1.807, 2.05) is 42.1 Å². The molecule has 2 aromatic rings. The SMILES string of the molecule is CCCCCCCCCCOc1ccc(C(=O)NCc2cccc[n+]2C)cc1OC.[I-]. The number of hydrogen-bond donors (Lipinski definition) is 1. The molecule has 0 fully saturated rings. The summed E-state index contributed by atoms with van der Waals surface area (Å²) in [6.45, 7) is 3.38. The van der Waals surface area contributed by atoms with E-state index in [4.69, 9.17) is 9.47 Å². The van der Waals surface area contributed by atoms with E-state index >= 15 is 0 Å². The van der Waals surface area contributed by atoms with Crippen molar-refractivity contribution in [2.24, 2.45) is 7.05 Å². The quantitative estimate of drug-likeness (QED) is 0.227. The first-order valence-corrected chi connectivity index (χ1v) is 11.2. The largest absolute Gasteiger partial charge is 1.00 e. The zero-order valence-electron chi connectivity index (χ0n) is 19.2. The number of aromatic nitrogens is 1. The molecule has 0 unspecified atom stereocenters. The summed E-state index contributed by atoms with van der Waals surface area (Å²) in [4.78, 5) is 12.5. The summed E-state index contributed by atoms with van der Waals surface area (Å²) in [5.41, 5.74) is 1.59. The predicted molar refractivity (Wildman–Crippen MR) is 120 cm³/mol. The van der Waals surface area contributed by atoms with E-state index in [-0.39, 0.29) is 29.9 Å². The van der Waals surface area contributed by atoms with Crippen LogP contribution < -0.4 is 43.3 Å². The second-order valence-corrected chi connectivity index (χ2v) is 7.67. The van der Waals surface area contributed by atoms with Gasteiger partial charge in [-0.25, -0.2) is 4.57 Å². The van der Waals surface area contributed by atoms with Crippen LogP contribution in [-0.4, -0.2) is 19.6 Å². The smallest absolute Gasteiger partial charge is 0.251 e. The molecule has 31 heavy (non-hydrogen) atoms. The Hall–Kier alpha value is -1.83. The highest BCUT2D eigenvalue weighted by Gasteiger charge is 2.13. The summed E-state index contributed by atoms with van der Waals surface area (Å²) < 4.78 is 13.3. The lowest BCUT2D eigenvalue weighted by molar-refractivity contribution is -0.679. The minimum atomic E-state index is -0.133. The average molecular weight is 540 g/mol. The van der Waals surface area contributed by atoms with Crippen molar-refractivity contribution in [1.29, 1.82) is 0 Å². The van der Waals surface area contributed by atoms with Crippen molar-refractivity contribution in [1.82, 2.24) is 5.32 Å². The molecule has 0 aliphatic heterocycles. The number of halogens is 1. The van der Waals surface area contributed by atoms with Gasteiger partial charge in [-0.2, -0.15) is 0 Å². The van der Waals surface area contributed by atoms with Crippen LogP contribution in [0.15, 0.2) is 42.6 Å². The van der Waals surface area contributed by atoms with Gasteiger partial charge in [0.05, 0.1) is 13.7 Å². The number of carbonyl (C=O) groups is 1. The number of hydrogen-bond acceptors (Lipinski definition) is 3. The van der Waals surface area contributed by atoms with E-state index in [1.165, 1.54) is 44.9 Å². The fraction of sp³-hybridized carbons (Fsp3) is 0.520.